The molecule has 5 atom stereocenters. The van der Waals surface area contributed by atoms with Gasteiger partial charge < -0.3 is 40.1 Å². The molecule has 0 amide bonds. The molecule has 6 N–H and O–H groups in total. The Kier molecular flexibility index (Phi) is 4.48. The molecule has 0 aliphatic carbocycles. The molecule has 1 aliphatic rings. The van der Waals surface area contributed by atoms with Crippen LogP contribution in [-0.2, 0) is 4.74 Å². The van der Waals surface area contributed by atoms with E-state index in [-0.39, 0.29) is 22.6 Å². The second kappa shape index (κ2) is 6.42. The molecule has 0 saturated carbocycles. The van der Waals surface area contributed by atoms with Gasteiger partial charge in [0.1, 0.15) is 41.7 Å². The fourth-order valence-electron chi connectivity index (χ4n) is 2.73. The fraction of sp³-hybridized carbons (Fsp3) is 0.375. The van der Waals surface area contributed by atoms with Crippen LogP contribution in [0, 0.1) is 0 Å². The summed E-state index contributed by atoms with van der Waals surface area (Å²) >= 11 is 0. The predicted molar refractivity (Wildman–Crippen MR) is 81.7 cm³/mol. The van der Waals surface area contributed by atoms with Gasteiger partial charge in [-0.05, 0) is 18.2 Å². The molecule has 0 aromatic heterocycles. The minimum absolute atomic E-state index is 0.0675. The number of aromatic hydroxyl groups is 2. The average Bonchev–Trinajstić information content (AvgIpc) is 2.58. The molecule has 0 radical (unpaired) electrons. The first-order valence-corrected chi connectivity index (χ1v) is 7.35. The van der Waals surface area contributed by atoms with E-state index in [9.17, 15) is 30.6 Å². The number of ether oxygens (including phenoxy) is 2. The number of phenolic OH excluding ortho intramolecular Hbond substituents is 2. The largest absolute Gasteiger partial charge is 0.507 e. The Bertz CT molecular complexity index is 731. The molecule has 0 spiro atoms. The highest BCUT2D eigenvalue weighted by atomic mass is 16.7. The number of aliphatic hydroxyl groups is 4. The number of benzene rings is 2. The summed E-state index contributed by atoms with van der Waals surface area (Å²) in [4.78, 5) is 0. The van der Waals surface area contributed by atoms with Crippen molar-refractivity contribution < 1.29 is 40.1 Å². The van der Waals surface area contributed by atoms with Crippen molar-refractivity contribution in [3.8, 4) is 17.2 Å². The van der Waals surface area contributed by atoms with Crippen molar-refractivity contribution in [2.45, 2.75) is 30.7 Å². The van der Waals surface area contributed by atoms with E-state index in [4.69, 9.17) is 9.47 Å². The number of fused-ring (bicyclic) bond motifs is 1. The molecule has 24 heavy (non-hydrogen) atoms. The van der Waals surface area contributed by atoms with Crippen molar-refractivity contribution in [2.75, 3.05) is 6.61 Å². The van der Waals surface area contributed by atoms with Crippen molar-refractivity contribution in [2.24, 2.45) is 0 Å². The van der Waals surface area contributed by atoms with Crippen molar-refractivity contribution in [1.82, 2.24) is 0 Å². The average molecular weight is 338 g/mol. The molecule has 8 nitrogen and oxygen atoms in total. The lowest BCUT2D eigenvalue weighted by molar-refractivity contribution is -0.277. The van der Waals surface area contributed by atoms with Gasteiger partial charge in [-0.1, -0.05) is 12.1 Å². The fourth-order valence-corrected chi connectivity index (χ4v) is 2.73. The summed E-state index contributed by atoms with van der Waals surface area (Å²) in [5, 5.41) is 59.2. The van der Waals surface area contributed by atoms with Gasteiger partial charge in [0.2, 0.25) is 6.29 Å². The number of phenols is 2. The van der Waals surface area contributed by atoms with Crippen LogP contribution in [0.3, 0.4) is 0 Å². The van der Waals surface area contributed by atoms with Crippen LogP contribution in [0.1, 0.15) is 0 Å². The first kappa shape index (κ1) is 16.7. The summed E-state index contributed by atoms with van der Waals surface area (Å²) < 4.78 is 10.8. The molecule has 3 rings (SSSR count). The maximum absolute atomic E-state index is 10.0. The van der Waals surface area contributed by atoms with E-state index in [0.29, 0.717) is 5.39 Å². The van der Waals surface area contributed by atoms with E-state index in [1.807, 2.05) is 0 Å². The normalized spacial score (nSPS) is 30.4. The summed E-state index contributed by atoms with van der Waals surface area (Å²) in [6.07, 6.45) is -7.12. The van der Waals surface area contributed by atoms with Gasteiger partial charge in [-0.2, -0.15) is 0 Å². The standard InChI is InChI=1S/C16H18O8/c17-6-11-13(20)14(21)15(22)16(24-11)23-10-3-1-2-7-8(18)4-5-9(19)12(7)10/h1-5,11,13-22H,6H2/t11-,13-,14+,15-,16?/m1/s1. The van der Waals surface area contributed by atoms with E-state index in [0.717, 1.165) is 0 Å². The molecule has 1 heterocycles. The van der Waals surface area contributed by atoms with Gasteiger partial charge in [0.05, 0.1) is 12.0 Å². The van der Waals surface area contributed by atoms with Gasteiger partial charge in [0, 0.05) is 5.39 Å². The second-order valence-electron chi connectivity index (χ2n) is 5.60. The zero-order valence-corrected chi connectivity index (χ0v) is 12.5. The lowest BCUT2D eigenvalue weighted by Gasteiger charge is -2.39. The molecule has 1 unspecified atom stereocenters. The van der Waals surface area contributed by atoms with Crippen LogP contribution in [-0.4, -0.2) is 68.0 Å². The lowest BCUT2D eigenvalue weighted by atomic mass is 9.99. The molecule has 1 saturated heterocycles. The number of aliphatic hydroxyl groups excluding tert-OH is 4. The van der Waals surface area contributed by atoms with Gasteiger partial charge >= 0.3 is 0 Å². The summed E-state index contributed by atoms with van der Waals surface area (Å²) in [6, 6.07) is 7.25. The monoisotopic (exact) mass is 338 g/mol. The summed E-state index contributed by atoms with van der Waals surface area (Å²) in [5.41, 5.74) is 0. The summed E-state index contributed by atoms with van der Waals surface area (Å²) in [5.74, 6) is -0.115. The van der Waals surface area contributed by atoms with Crippen molar-refractivity contribution in [3.63, 3.8) is 0 Å². The van der Waals surface area contributed by atoms with Crippen molar-refractivity contribution in [1.29, 1.82) is 0 Å². The Morgan fingerprint density at radius 3 is 2.33 bits per heavy atom. The Morgan fingerprint density at radius 2 is 1.62 bits per heavy atom. The Labute approximate surface area is 136 Å². The molecular weight excluding hydrogens is 320 g/mol. The minimum Gasteiger partial charge on any atom is -0.507 e. The van der Waals surface area contributed by atoms with Gasteiger partial charge in [0.15, 0.2) is 0 Å². The van der Waals surface area contributed by atoms with Gasteiger partial charge in [-0.15, -0.1) is 0 Å². The first-order chi connectivity index (χ1) is 11.4. The van der Waals surface area contributed by atoms with Gasteiger partial charge in [-0.3, -0.25) is 0 Å². The van der Waals surface area contributed by atoms with Crippen LogP contribution >= 0.6 is 0 Å². The minimum atomic E-state index is -1.57. The van der Waals surface area contributed by atoms with Gasteiger partial charge in [-0.25, -0.2) is 0 Å². The van der Waals surface area contributed by atoms with Crippen LogP contribution in [0.2, 0.25) is 0 Å². The third-order valence-corrected chi connectivity index (χ3v) is 4.05. The highest BCUT2D eigenvalue weighted by molar-refractivity contribution is 5.97. The van der Waals surface area contributed by atoms with E-state index in [1.54, 1.807) is 12.1 Å². The summed E-state index contributed by atoms with van der Waals surface area (Å²) in [6.45, 7) is -0.577. The van der Waals surface area contributed by atoms with Crippen LogP contribution in [0.4, 0.5) is 0 Å². The number of rotatable bonds is 3. The van der Waals surface area contributed by atoms with Crippen LogP contribution < -0.4 is 4.74 Å². The quantitative estimate of drug-likeness (QED) is 0.409. The summed E-state index contributed by atoms with van der Waals surface area (Å²) in [7, 11) is 0. The van der Waals surface area contributed by atoms with Crippen LogP contribution in [0.25, 0.3) is 10.8 Å². The maximum Gasteiger partial charge on any atom is 0.229 e. The SMILES string of the molecule is OC[C@H]1OC(Oc2cccc3c(O)ccc(O)c23)[C@H](O)[C@@H](O)[C@@H]1O. The van der Waals surface area contributed by atoms with Crippen molar-refractivity contribution >= 4 is 10.8 Å². The highest BCUT2D eigenvalue weighted by Crippen LogP contribution is 2.39. The van der Waals surface area contributed by atoms with Crippen LogP contribution in [0.15, 0.2) is 30.3 Å². The van der Waals surface area contributed by atoms with E-state index >= 15 is 0 Å². The predicted octanol–water partition coefficient (Wildman–Crippen LogP) is -0.570. The highest BCUT2D eigenvalue weighted by Gasteiger charge is 2.44. The molecule has 0 bridgehead atoms. The lowest BCUT2D eigenvalue weighted by Crippen LogP contribution is -2.60. The maximum atomic E-state index is 10.0. The topological polar surface area (TPSA) is 140 Å². The molecule has 2 aromatic rings. The molecule has 130 valence electrons. The number of hydrogen-bond acceptors (Lipinski definition) is 8. The smallest absolute Gasteiger partial charge is 0.229 e. The van der Waals surface area contributed by atoms with E-state index in [2.05, 4.69) is 0 Å². The third kappa shape index (κ3) is 2.74. The van der Waals surface area contributed by atoms with Gasteiger partial charge in [0.25, 0.3) is 0 Å². The molecule has 1 aliphatic heterocycles. The Hall–Kier alpha value is -2.10. The Morgan fingerprint density at radius 1 is 0.917 bits per heavy atom. The van der Waals surface area contributed by atoms with Crippen molar-refractivity contribution in [3.05, 3.63) is 30.3 Å². The van der Waals surface area contributed by atoms with E-state index < -0.39 is 37.3 Å². The first-order valence-electron chi connectivity index (χ1n) is 7.35. The molecule has 8 heteroatoms. The second-order valence-corrected chi connectivity index (χ2v) is 5.60. The zero-order valence-electron chi connectivity index (χ0n) is 12.5. The Balaban J connectivity index is 1.96. The van der Waals surface area contributed by atoms with E-state index in [1.165, 1.54) is 18.2 Å². The molecule has 1 fully saturated rings. The zero-order chi connectivity index (χ0) is 17.4. The molecular formula is C16H18O8. The third-order valence-electron chi connectivity index (χ3n) is 4.05. The molecule has 2 aromatic carbocycles. The van der Waals surface area contributed by atoms with Crippen LogP contribution in [0.5, 0.6) is 17.2 Å². The number of hydrogen-bond donors (Lipinski definition) is 6.